The van der Waals surface area contributed by atoms with Crippen molar-refractivity contribution in [3.63, 3.8) is 0 Å². The van der Waals surface area contributed by atoms with Gasteiger partial charge in [-0.3, -0.25) is 14.9 Å². The van der Waals surface area contributed by atoms with Gasteiger partial charge in [0.05, 0.1) is 24.2 Å². The second-order valence-corrected chi connectivity index (χ2v) is 7.52. The number of nitro groups is 1. The van der Waals surface area contributed by atoms with Gasteiger partial charge in [0.1, 0.15) is 9.88 Å². The summed E-state index contributed by atoms with van der Waals surface area (Å²) in [4.78, 5) is 47.7. The summed E-state index contributed by atoms with van der Waals surface area (Å²) in [6.45, 7) is 6.08. The summed E-state index contributed by atoms with van der Waals surface area (Å²) < 4.78 is 15.1. The molecule has 1 aromatic carbocycles. The number of carbonyl (C=O) groups excluding carboxylic acids is 3. The van der Waals surface area contributed by atoms with E-state index in [0.717, 1.165) is 11.3 Å². The maximum absolute atomic E-state index is 12.5. The van der Waals surface area contributed by atoms with Gasteiger partial charge in [-0.15, -0.1) is 11.3 Å². The maximum Gasteiger partial charge on any atom is 0.348 e. The number of methoxy groups -OCH3 is 1. The Bertz CT molecular complexity index is 1040. The van der Waals surface area contributed by atoms with Gasteiger partial charge in [-0.25, -0.2) is 9.59 Å². The number of rotatable bonds is 8. The summed E-state index contributed by atoms with van der Waals surface area (Å²) in [7, 11) is 1.20. The van der Waals surface area contributed by atoms with Crippen LogP contribution in [0.4, 0.5) is 10.7 Å². The minimum absolute atomic E-state index is 0.0195. The first-order chi connectivity index (χ1) is 14.6. The molecule has 1 aromatic heterocycles. The van der Waals surface area contributed by atoms with Gasteiger partial charge in [0.25, 0.3) is 5.91 Å². The maximum atomic E-state index is 12.5. The van der Waals surface area contributed by atoms with Crippen molar-refractivity contribution in [2.75, 3.05) is 25.6 Å². The predicted octanol–water partition coefficient (Wildman–Crippen LogP) is 3.56. The van der Waals surface area contributed by atoms with Gasteiger partial charge in [0.2, 0.25) is 5.75 Å². The van der Waals surface area contributed by atoms with Crippen LogP contribution in [0, 0.1) is 30.9 Å². The number of esters is 2. The van der Waals surface area contributed by atoms with E-state index in [2.05, 4.69) is 5.32 Å². The Balaban J connectivity index is 2.28. The fourth-order valence-electron chi connectivity index (χ4n) is 2.89. The van der Waals surface area contributed by atoms with Crippen molar-refractivity contribution in [2.24, 2.45) is 0 Å². The molecule has 0 aliphatic rings. The molecule has 0 aliphatic carbocycles. The monoisotopic (exact) mass is 450 g/mol. The Morgan fingerprint density at radius 2 is 1.84 bits per heavy atom. The second kappa shape index (κ2) is 10.0. The first-order valence-corrected chi connectivity index (χ1v) is 9.99. The lowest BCUT2D eigenvalue weighted by Crippen LogP contribution is -2.21. The molecule has 11 heteroatoms. The smallest absolute Gasteiger partial charge is 0.348 e. The molecule has 0 aliphatic heterocycles. The largest absolute Gasteiger partial charge is 0.477 e. The lowest BCUT2D eigenvalue weighted by molar-refractivity contribution is -0.385. The summed E-state index contributed by atoms with van der Waals surface area (Å²) in [6.07, 6.45) is 0. The quantitative estimate of drug-likeness (QED) is 0.366. The van der Waals surface area contributed by atoms with Gasteiger partial charge >= 0.3 is 17.6 Å². The van der Waals surface area contributed by atoms with E-state index in [0.29, 0.717) is 16.7 Å². The van der Waals surface area contributed by atoms with Crippen LogP contribution in [-0.2, 0) is 14.3 Å². The molecule has 10 nitrogen and oxygen atoms in total. The number of hydrogen-bond donors (Lipinski definition) is 1. The fourth-order valence-corrected chi connectivity index (χ4v) is 4.02. The van der Waals surface area contributed by atoms with Crippen molar-refractivity contribution < 1.29 is 33.5 Å². The first kappa shape index (κ1) is 23.8. The molecule has 0 bridgehead atoms. The Morgan fingerprint density at radius 1 is 1.16 bits per heavy atom. The normalized spacial score (nSPS) is 10.4. The summed E-state index contributed by atoms with van der Waals surface area (Å²) >= 11 is 0.865. The van der Waals surface area contributed by atoms with E-state index in [4.69, 9.17) is 14.2 Å². The zero-order chi connectivity index (χ0) is 23.3. The van der Waals surface area contributed by atoms with Gasteiger partial charge in [-0.05, 0) is 44.4 Å². The molecule has 0 spiro atoms. The molecular weight excluding hydrogens is 428 g/mol. The highest BCUT2D eigenvalue weighted by Crippen LogP contribution is 2.35. The number of carbonyl (C=O) groups is 3. The zero-order valence-corrected chi connectivity index (χ0v) is 18.5. The van der Waals surface area contributed by atoms with Crippen LogP contribution in [0.2, 0.25) is 0 Å². The Morgan fingerprint density at radius 3 is 2.42 bits per heavy atom. The number of anilines is 1. The van der Waals surface area contributed by atoms with E-state index in [1.807, 2.05) is 0 Å². The number of amides is 1. The number of nitrogens with zero attached hydrogens (tertiary/aromatic N) is 1. The molecule has 0 radical (unpaired) electrons. The summed E-state index contributed by atoms with van der Waals surface area (Å²) in [5.41, 5.74) is 1.29. The van der Waals surface area contributed by atoms with Crippen molar-refractivity contribution >= 4 is 39.9 Å². The molecule has 1 N–H and O–H groups in total. The van der Waals surface area contributed by atoms with Crippen LogP contribution in [0.25, 0.3) is 0 Å². The van der Waals surface area contributed by atoms with E-state index in [9.17, 15) is 24.5 Å². The average Bonchev–Trinajstić information content (AvgIpc) is 3.02. The van der Waals surface area contributed by atoms with E-state index in [-0.39, 0.29) is 33.5 Å². The molecule has 166 valence electrons. The van der Waals surface area contributed by atoms with Crippen LogP contribution in [0.1, 0.15) is 43.6 Å². The van der Waals surface area contributed by atoms with Crippen molar-refractivity contribution in [3.05, 3.63) is 49.4 Å². The van der Waals surface area contributed by atoms with Crippen molar-refractivity contribution in [1.29, 1.82) is 0 Å². The van der Waals surface area contributed by atoms with Crippen LogP contribution in [-0.4, -0.2) is 43.1 Å². The van der Waals surface area contributed by atoms with Crippen molar-refractivity contribution in [3.8, 4) is 5.75 Å². The number of benzene rings is 1. The predicted molar refractivity (Wildman–Crippen MR) is 113 cm³/mol. The highest BCUT2D eigenvalue weighted by Gasteiger charge is 2.27. The molecule has 0 saturated carbocycles. The van der Waals surface area contributed by atoms with E-state index < -0.39 is 29.4 Å². The number of aryl methyl sites for hydroxylation is 2. The molecule has 0 fully saturated rings. The van der Waals surface area contributed by atoms with Crippen LogP contribution < -0.4 is 10.1 Å². The molecule has 0 unspecified atom stereocenters. The molecule has 1 amide bonds. The average molecular weight is 450 g/mol. The Labute approximate surface area is 182 Å². The SMILES string of the molecule is CCOC(=O)c1c(NC(=O)COc2c(C)cc(C)cc2[N+](=O)[O-])sc(C(=O)OC)c1C. The van der Waals surface area contributed by atoms with E-state index in [1.165, 1.54) is 13.2 Å². The molecule has 0 atom stereocenters. The number of nitrogens with one attached hydrogen (secondary N) is 1. The van der Waals surface area contributed by atoms with Crippen LogP contribution in [0.3, 0.4) is 0 Å². The van der Waals surface area contributed by atoms with E-state index in [1.54, 1.807) is 33.8 Å². The van der Waals surface area contributed by atoms with Crippen LogP contribution >= 0.6 is 11.3 Å². The number of thiophene rings is 1. The Kier molecular flexibility index (Phi) is 7.70. The number of hydrogen-bond acceptors (Lipinski definition) is 9. The van der Waals surface area contributed by atoms with Crippen molar-refractivity contribution in [2.45, 2.75) is 27.7 Å². The third-order valence-corrected chi connectivity index (χ3v) is 5.38. The fraction of sp³-hybridized carbons (Fsp3) is 0.350. The lowest BCUT2D eigenvalue weighted by atomic mass is 10.1. The lowest BCUT2D eigenvalue weighted by Gasteiger charge is -2.11. The van der Waals surface area contributed by atoms with E-state index >= 15 is 0 Å². The highest BCUT2D eigenvalue weighted by molar-refractivity contribution is 7.18. The summed E-state index contributed by atoms with van der Waals surface area (Å²) in [6, 6.07) is 3.05. The molecular formula is C20H22N2O8S. The van der Waals surface area contributed by atoms with Gasteiger partial charge in [-0.2, -0.15) is 0 Å². The standard InChI is InChI=1S/C20H22N2O8S/c1-6-29-19(24)15-12(4)17(20(25)28-5)31-18(15)21-14(23)9-30-16-11(3)7-10(2)8-13(16)22(26)27/h7-8H,6,9H2,1-5H3,(H,21,23). The van der Waals surface area contributed by atoms with Gasteiger partial charge in [0, 0.05) is 6.07 Å². The minimum Gasteiger partial charge on any atom is -0.477 e. The van der Waals surface area contributed by atoms with Gasteiger partial charge in [-0.1, -0.05) is 6.07 Å². The topological polar surface area (TPSA) is 134 Å². The molecule has 0 saturated heterocycles. The van der Waals surface area contributed by atoms with Gasteiger partial charge < -0.3 is 19.5 Å². The molecule has 1 heterocycles. The zero-order valence-electron chi connectivity index (χ0n) is 17.7. The van der Waals surface area contributed by atoms with Crippen LogP contribution in [0.5, 0.6) is 5.75 Å². The molecule has 31 heavy (non-hydrogen) atoms. The number of nitro benzene ring substituents is 1. The molecule has 2 rings (SSSR count). The minimum atomic E-state index is -0.701. The molecule has 2 aromatic rings. The Hall–Kier alpha value is -3.47. The van der Waals surface area contributed by atoms with Crippen molar-refractivity contribution in [1.82, 2.24) is 0 Å². The third-order valence-electron chi connectivity index (χ3n) is 4.19. The number of ether oxygens (including phenoxy) is 3. The highest BCUT2D eigenvalue weighted by atomic mass is 32.1. The second-order valence-electron chi connectivity index (χ2n) is 6.50. The third kappa shape index (κ3) is 5.37. The summed E-state index contributed by atoms with van der Waals surface area (Å²) in [5.74, 6) is -2.05. The van der Waals surface area contributed by atoms with Gasteiger partial charge in [0.15, 0.2) is 6.61 Å². The summed E-state index contributed by atoms with van der Waals surface area (Å²) in [5, 5.41) is 13.9. The first-order valence-electron chi connectivity index (χ1n) is 9.17. The van der Waals surface area contributed by atoms with Crippen LogP contribution in [0.15, 0.2) is 12.1 Å².